The van der Waals surface area contributed by atoms with Gasteiger partial charge in [-0.3, -0.25) is 4.79 Å². The van der Waals surface area contributed by atoms with Crippen LogP contribution in [0.15, 0.2) is 18.2 Å². The molecule has 0 radical (unpaired) electrons. The summed E-state index contributed by atoms with van der Waals surface area (Å²) in [5.41, 5.74) is 0.279. The number of rotatable bonds is 4. The molecule has 2 unspecified atom stereocenters. The summed E-state index contributed by atoms with van der Waals surface area (Å²) in [4.78, 5) is 25.1. The number of benzene rings is 1. The monoisotopic (exact) mass is 334 g/mol. The lowest BCUT2D eigenvalue weighted by molar-refractivity contribution is -0.143. The molecule has 2 atom stereocenters. The highest BCUT2D eigenvalue weighted by atomic mass is 19.1. The molecule has 128 valence electrons. The zero-order chi connectivity index (χ0) is 17.7. The van der Waals surface area contributed by atoms with Crippen molar-refractivity contribution in [2.24, 2.45) is 11.8 Å². The number of nitrogens with zero attached hydrogens (tertiary/aromatic N) is 1. The fraction of sp³-hybridized carbons (Fsp3) is 0.412. The molecule has 1 heterocycles. The molecule has 1 aliphatic heterocycles. The number of ether oxygens (including phenoxy) is 1. The lowest BCUT2D eigenvalue weighted by atomic mass is 9.91. The highest BCUT2D eigenvalue weighted by Gasteiger charge is 2.32. The van der Waals surface area contributed by atoms with Crippen molar-refractivity contribution < 1.29 is 23.8 Å². The molecule has 6 nitrogen and oxygen atoms in total. The number of aliphatic carboxylic acids is 1. The van der Waals surface area contributed by atoms with Crippen LogP contribution in [0.5, 0.6) is 5.75 Å². The molecule has 0 aromatic heterocycles. The van der Waals surface area contributed by atoms with Gasteiger partial charge < -0.3 is 20.1 Å². The van der Waals surface area contributed by atoms with Gasteiger partial charge in [0.1, 0.15) is 18.2 Å². The van der Waals surface area contributed by atoms with E-state index in [9.17, 15) is 19.1 Å². The minimum Gasteiger partial charge on any atom is -0.481 e. The van der Waals surface area contributed by atoms with Gasteiger partial charge in [0.2, 0.25) is 0 Å². The maximum atomic E-state index is 13.3. The van der Waals surface area contributed by atoms with Crippen LogP contribution in [-0.4, -0.2) is 41.7 Å². The zero-order valence-corrected chi connectivity index (χ0v) is 13.3. The number of halogens is 1. The second kappa shape index (κ2) is 7.68. The van der Waals surface area contributed by atoms with Crippen LogP contribution in [0.25, 0.3) is 0 Å². The van der Waals surface area contributed by atoms with Crippen molar-refractivity contribution in [3.05, 3.63) is 24.0 Å². The number of piperidine rings is 1. The van der Waals surface area contributed by atoms with E-state index in [4.69, 9.17) is 11.2 Å². The number of carbonyl (C=O) groups excluding carboxylic acids is 1. The van der Waals surface area contributed by atoms with Crippen molar-refractivity contribution >= 4 is 17.7 Å². The Balaban J connectivity index is 2.11. The normalized spacial score (nSPS) is 20.1. The van der Waals surface area contributed by atoms with Crippen molar-refractivity contribution in [3.63, 3.8) is 0 Å². The van der Waals surface area contributed by atoms with Gasteiger partial charge in [0.15, 0.2) is 0 Å². The average molecular weight is 334 g/mol. The molecule has 0 saturated carbocycles. The van der Waals surface area contributed by atoms with E-state index in [1.807, 2.05) is 6.92 Å². The zero-order valence-electron chi connectivity index (χ0n) is 13.3. The van der Waals surface area contributed by atoms with Crippen molar-refractivity contribution in [3.8, 4) is 18.1 Å². The van der Waals surface area contributed by atoms with Gasteiger partial charge in [-0.25, -0.2) is 9.18 Å². The molecule has 2 N–H and O–H groups in total. The largest absolute Gasteiger partial charge is 0.481 e. The summed E-state index contributed by atoms with van der Waals surface area (Å²) in [6.45, 7) is 2.42. The summed E-state index contributed by atoms with van der Waals surface area (Å²) in [5, 5.41) is 11.8. The second-order valence-electron chi connectivity index (χ2n) is 5.84. The third-order valence-corrected chi connectivity index (χ3v) is 3.79. The number of terminal acetylenes is 1. The third-order valence-electron chi connectivity index (χ3n) is 3.79. The molecule has 0 bridgehead atoms. The van der Waals surface area contributed by atoms with Gasteiger partial charge >= 0.3 is 12.0 Å². The number of carboxylic acids is 1. The maximum Gasteiger partial charge on any atom is 0.321 e. The number of nitrogens with one attached hydrogen (secondary N) is 1. The van der Waals surface area contributed by atoms with Gasteiger partial charge in [-0.15, -0.1) is 6.42 Å². The number of likely N-dealkylation sites (tertiary alicyclic amines) is 1. The molecular formula is C17H19FN2O4. The Bertz CT molecular complexity index is 671. The van der Waals surface area contributed by atoms with E-state index in [1.54, 1.807) is 0 Å². The van der Waals surface area contributed by atoms with Crippen LogP contribution in [0.4, 0.5) is 14.9 Å². The second-order valence-corrected chi connectivity index (χ2v) is 5.84. The molecule has 1 aromatic rings. The minimum atomic E-state index is -0.917. The quantitative estimate of drug-likeness (QED) is 0.829. The van der Waals surface area contributed by atoms with E-state index < -0.39 is 23.7 Å². The molecule has 2 rings (SSSR count). The Kier molecular flexibility index (Phi) is 5.64. The molecule has 1 aliphatic rings. The van der Waals surface area contributed by atoms with Crippen LogP contribution < -0.4 is 10.1 Å². The van der Waals surface area contributed by atoms with Crippen LogP contribution in [0.3, 0.4) is 0 Å². The van der Waals surface area contributed by atoms with E-state index in [2.05, 4.69) is 11.2 Å². The fourth-order valence-corrected chi connectivity index (χ4v) is 2.73. The predicted molar refractivity (Wildman–Crippen MR) is 86.2 cm³/mol. The molecule has 24 heavy (non-hydrogen) atoms. The summed E-state index contributed by atoms with van der Waals surface area (Å²) in [6, 6.07) is 3.24. The molecule has 0 spiro atoms. The number of hydrogen-bond acceptors (Lipinski definition) is 3. The van der Waals surface area contributed by atoms with Crippen molar-refractivity contribution in [1.82, 2.24) is 4.90 Å². The molecule has 2 amide bonds. The first-order valence-electron chi connectivity index (χ1n) is 7.55. The molecule has 1 saturated heterocycles. The Morgan fingerprint density at radius 2 is 2.25 bits per heavy atom. The Labute approximate surface area is 139 Å². The van der Waals surface area contributed by atoms with Gasteiger partial charge in [0, 0.05) is 19.2 Å². The lowest BCUT2D eigenvalue weighted by Gasteiger charge is -2.34. The Hall–Kier alpha value is -2.75. The van der Waals surface area contributed by atoms with Crippen LogP contribution in [-0.2, 0) is 4.79 Å². The first-order valence-corrected chi connectivity index (χ1v) is 7.55. The smallest absolute Gasteiger partial charge is 0.321 e. The van der Waals surface area contributed by atoms with E-state index in [0.717, 1.165) is 6.07 Å². The number of carboxylic acid groups (broad SMARTS) is 1. The Morgan fingerprint density at radius 3 is 2.92 bits per heavy atom. The maximum absolute atomic E-state index is 13.3. The fourth-order valence-electron chi connectivity index (χ4n) is 2.73. The predicted octanol–water partition coefficient (Wildman–Crippen LogP) is 2.41. The van der Waals surface area contributed by atoms with Crippen molar-refractivity contribution in [1.29, 1.82) is 0 Å². The van der Waals surface area contributed by atoms with Gasteiger partial charge in [-0.05, 0) is 24.5 Å². The highest BCUT2D eigenvalue weighted by Crippen LogP contribution is 2.27. The lowest BCUT2D eigenvalue weighted by Crippen LogP contribution is -2.47. The van der Waals surface area contributed by atoms with Gasteiger partial charge in [-0.2, -0.15) is 0 Å². The topological polar surface area (TPSA) is 78.9 Å². The van der Waals surface area contributed by atoms with Crippen molar-refractivity contribution in [2.75, 3.05) is 25.0 Å². The number of anilines is 1. The molecular weight excluding hydrogens is 315 g/mol. The summed E-state index contributed by atoms with van der Waals surface area (Å²) in [7, 11) is 0. The summed E-state index contributed by atoms with van der Waals surface area (Å²) in [5.74, 6) is 0.450. The first kappa shape index (κ1) is 17.6. The van der Waals surface area contributed by atoms with Gasteiger partial charge in [-0.1, -0.05) is 12.8 Å². The summed E-state index contributed by atoms with van der Waals surface area (Å²) >= 11 is 0. The molecule has 0 aliphatic carbocycles. The Morgan fingerprint density at radius 1 is 1.50 bits per heavy atom. The number of amides is 2. The van der Waals surface area contributed by atoms with E-state index >= 15 is 0 Å². The molecule has 1 fully saturated rings. The molecule has 1 aromatic carbocycles. The van der Waals surface area contributed by atoms with Crippen LogP contribution >= 0.6 is 0 Å². The standard InChI is InChI=1S/C17H19FN2O4/c1-3-6-24-15-8-13(18)4-5-14(15)19-17(23)20-9-11(2)7-12(10-20)16(21)22/h1,4-5,8,11-12H,6-7,9-10H2,2H3,(H,19,23)(H,21,22). The number of carbonyl (C=O) groups is 2. The summed E-state index contributed by atoms with van der Waals surface area (Å²) < 4.78 is 18.6. The van der Waals surface area contributed by atoms with Crippen LogP contribution in [0, 0.1) is 30.0 Å². The molecule has 7 heteroatoms. The first-order chi connectivity index (χ1) is 11.4. The highest BCUT2D eigenvalue weighted by molar-refractivity contribution is 5.91. The van der Waals surface area contributed by atoms with Gasteiger partial charge in [0.05, 0.1) is 11.6 Å². The summed E-state index contributed by atoms with van der Waals surface area (Å²) in [6.07, 6.45) is 5.66. The van der Waals surface area contributed by atoms with Crippen molar-refractivity contribution in [2.45, 2.75) is 13.3 Å². The van der Waals surface area contributed by atoms with E-state index in [1.165, 1.54) is 17.0 Å². The van der Waals surface area contributed by atoms with Crippen LogP contribution in [0.1, 0.15) is 13.3 Å². The SMILES string of the molecule is C#CCOc1cc(F)ccc1NC(=O)N1CC(C)CC(C(=O)O)C1. The van der Waals surface area contributed by atoms with Gasteiger partial charge in [0.25, 0.3) is 0 Å². The van der Waals surface area contributed by atoms with Crippen LogP contribution in [0.2, 0.25) is 0 Å². The third kappa shape index (κ3) is 4.38. The van der Waals surface area contributed by atoms with E-state index in [-0.39, 0.29) is 30.5 Å². The number of urea groups is 1. The van der Waals surface area contributed by atoms with E-state index in [0.29, 0.717) is 13.0 Å². The minimum absolute atomic E-state index is 0.0613. The number of hydrogen-bond donors (Lipinski definition) is 2. The average Bonchev–Trinajstić information content (AvgIpc) is 2.54.